The fraction of sp³-hybridized carbons (Fsp3) is 0. The molecule has 0 spiro atoms. The molecule has 0 radical (unpaired) electrons. The van der Waals surface area contributed by atoms with Gasteiger partial charge in [0, 0.05) is 12.4 Å². The van der Waals surface area contributed by atoms with Crippen LogP contribution in [0.25, 0.3) is 5.52 Å². The van der Waals surface area contributed by atoms with Crippen molar-refractivity contribution in [2.75, 3.05) is 5.73 Å². The van der Waals surface area contributed by atoms with Crippen LogP contribution in [0.2, 0.25) is 0 Å². The van der Waals surface area contributed by atoms with Crippen molar-refractivity contribution in [2.24, 2.45) is 0 Å². The summed E-state index contributed by atoms with van der Waals surface area (Å²) in [6.07, 6.45) is 3.53. The number of imidazole rings is 1. The molecule has 0 fully saturated rings. The second-order valence-electron chi connectivity index (χ2n) is 2.48. The van der Waals surface area contributed by atoms with E-state index in [0.29, 0.717) is 5.82 Å². The highest BCUT2D eigenvalue weighted by Crippen LogP contribution is 2.14. The largest absolute Gasteiger partial charge is 0.382 e. The second-order valence-corrected chi connectivity index (χ2v) is 3.50. The van der Waals surface area contributed by atoms with Crippen LogP contribution in [0.5, 0.6) is 0 Å². The first-order valence-corrected chi connectivity index (χ1v) is 4.52. The molecule has 2 aromatic rings. The van der Waals surface area contributed by atoms with Crippen molar-refractivity contribution >= 4 is 47.5 Å². The number of nitrogens with two attached hydrogens (primary N) is 1. The van der Waals surface area contributed by atoms with E-state index in [0.717, 1.165) is 14.9 Å². The maximum Gasteiger partial charge on any atom is 0.187 e. The lowest BCUT2D eigenvalue weighted by Crippen LogP contribution is -2.12. The van der Waals surface area contributed by atoms with Crippen LogP contribution >= 0.6 is 22.6 Å². The van der Waals surface area contributed by atoms with Crippen LogP contribution in [-0.4, -0.2) is 22.2 Å². The lowest BCUT2D eigenvalue weighted by atomic mass is 10.1. The van der Waals surface area contributed by atoms with E-state index in [1.165, 1.54) is 0 Å². The average Bonchev–Trinajstić information content (AvgIpc) is 2.29. The average molecular weight is 272 g/mol. The summed E-state index contributed by atoms with van der Waals surface area (Å²) in [6, 6.07) is 0. The molecule has 0 aromatic carbocycles. The molecule has 0 aliphatic rings. The van der Waals surface area contributed by atoms with Crippen LogP contribution in [-0.2, 0) is 0 Å². The standard InChI is InChI=1S/C6H6BIN4/c7-6-11-4(8)3-5(9)10-1-2-12(3)6/h1-2H,7H2,(H2,9,10). The fourth-order valence-corrected chi connectivity index (χ4v) is 2.05. The molecular formula is C6H6BIN4. The van der Waals surface area contributed by atoms with Crippen LogP contribution in [0, 0.1) is 3.70 Å². The molecule has 2 aromatic heterocycles. The zero-order valence-electron chi connectivity index (χ0n) is 6.45. The molecule has 4 nitrogen and oxygen atoms in total. The first kappa shape index (κ1) is 7.84. The Bertz CT molecular complexity index is 438. The Labute approximate surface area is 83.7 Å². The number of aromatic nitrogens is 3. The van der Waals surface area contributed by atoms with E-state index < -0.39 is 0 Å². The number of halogens is 1. The second kappa shape index (κ2) is 2.61. The van der Waals surface area contributed by atoms with E-state index in [4.69, 9.17) is 5.73 Å². The maximum atomic E-state index is 5.69. The number of nitrogens with zero attached hydrogens (tertiary/aromatic N) is 3. The highest BCUT2D eigenvalue weighted by Gasteiger charge is 2.07. The predicted octanol–water partition coefficient (Wildman–Crippen LogP) is -0.826. The molecule has 0 amide bonds. The minimum Gasteiger partial charge on any atom is -0.382 e. The summed E-state index contributed by atoms with van der Waals surface area (Å²) in [5, 5.41) is 0. The molecule has 2 rings (SSSR count). The van der Waals surface area contributed by atoms with Gasteiger partial charge in [-0.15, -0.1) is 0 Å². The van der Waals surface area contributed by atoms with Crippen molar-refractivity contribution in [1.29, 1.82) is 0 Å². The van der Waals surface area contributed by atoms with E-state index in [1.54, 1.807) is 6.20 Å². The molecular weight excluding hydrogens is 266 g/mol. The fourth-order valence-electron chi connectivity index (χ4n) is 1.16. The van der Waals surface area contributed by atoms with Crippen molar-refractivity contribution in [3.05, 3.63) is 16.1 Å². The van der Waals surface area contributed by atoms with Crippen molar-refractivity contribution in [1.82, 2.24) is 14.4 Å². The topological polar surface area (TPSA) is 56.2 Å². The Hall–Kier alpha value is -0.785. The summed E-state index contributed by atoms with van der Waals surface area (Å²) in [7, 11) is 1.94. The molecule has 60 valence electrons. The van der Waals surface area contributed by atoms with Gasteiger partial charge < -0.3 is 10.1 Å². The Morgan fingerprint density at radius 1 is 1.58 bits per heavy atom. The molecule has 0 saturated carbocycles. The van der Waals surface area contributed by atoms with E-state index in [2.05, 4.69) is 32.6 Å². The third kappa shape index (κ3) is 0.978. The van der Waals surface area contributed by atoms with Gasteiger partial charge in [0.2, 0.25) is 0 Å². The third-order valence-electron chi connectivity index (χ3n) is 1.72. The molecule has 12 heavy (non-hydrogen) atoms. The minimum atomic E-state index is 0.530. The first-order chi connectivity index (χ1) is 5.70. The van der Waals surface area contributed by atoms with Gasteiger partial charge in [0.25, 0.3) is 0 Å². The summed E-state index contributed by atoms with van der Waals surface area (Å²) in [5.41, 5.74) is 7.53. The zero-order valence-corrected chi connectivity index (χ0v) is 8.61. The van der Waals surface area contributed by atoms with Crippen LogP contribution in [0.1, 0.15) is 0 Å². The quantitative estimate of drug-likeness (QED) is 0.503. The highest BCUT2D eigenvalue weighted by atomic mass is 127. The van der Waals surface area contributed by atoms with E-state index in [1.807, 2.05) is 18.4 Å². The van der Waals surface area contributed by atoms with Crippen molar-refractivity contribution < 1.29 is 0 Å². The molecule has 0 bridgehead atoms. The van der Waals surface area contributed by atoms with Gasteiger partial charge in [-0.3, -0.25) is 0 Å². The van der Waals surface area contributed by atoms with Crippen molar-refractivity contribution in [2.45, 2.75) is 0 Å². The molecule has 0 unspecified atom stereocenters. The van der Waals surface area contributed by atoms with Crippen molar-refractivity contribution in [3.8, 4) is 0 Å². The molecule has 0 atom stereocenters. The van der Waals surface area contributed by atoms with E-state index in [9.17, 15) is 0 Å². The molecule has 2 N–H and O–H groups in total. The van der Waals surface area contributed by atoms with Crippen LogP contribution < -0.4 is 11.5 Å². The van der Waals surface area contributed by atoms with Crippen LogP contribution in [0.4, 0.5) is 5.82 Å². The number of hydrogen-bond donors (Lipinski definition) is 1. The molecule has 0 aliphatic carbocycles. The Morgan fingerprint density at radius 3 is 3.00 bits per heavy atom. The number of fused-ring (bicyclic) bond motifs is 1. The van der Waals surface area contributed by atoms with Gasteiger partial charge in [-0.2, -0.15) is 0 Å². The van der Waals surface area contributed by atoms with Gasteiger partial charge in [0.1, 0.15) is 15.0 Å². The van der Waals surface area contributed by atoms with Gasteiger partial charge in [-0.1, -0.05) is 0 Å². The Kier molecular flexibility index (Phi) is 1.71. The molecule has 6 heteroatoms. The summed E-state index contributed by atoms with van der Waals surface area (Å²) in [5.74, 6) is 0.530. The third-order valence-corrected chi connectivity index (χ3v) is 2.47. The lowest BCUT2D eigenvalue weighted by molar-refractivity contribution is 1.16. The van der Waals surface area contributed by atoms with Crippen LogP contribution in [0.3, 0.4) is 0 Å². The summed E-state index contributed by atoms with van der Waals surface area (Å²) < 4.78 is 2.83. The minimum absolute atomic E-state index is 0.530. The van der Waals surface area contributed by atoms with Gasteiger partial charge in [-0.05, 0) is 22.6 Å². The Morgan fingerprint density at radius 2 is 2.33 bits per heavy atom. The smallest absolute Gasteiger partial charge is 0.187 e. The van der Waals surface area contributed by atoms with E-state index in [-0.39, 0.29) is 0 Å². The highest BCUT2D eigenvalue weighted by molar-refractivity contribution is 14.1. The van der Waals surface area contributed by atoms with Gasteiger partial charge in [0.15, 0.2) is 7.85 Å². The summed E-state index contributed by atoms with van der Waals surface area (Å²) >= 11 is 2.15. The number of rotatable bonds is 0. The molecule has 2 heterocycles. The monoisotopic (exact) mass is 272 g/mol. The summed E-state index contributed by atoms with van der Waals surface area (Å²) in [6.45, 7) is 0. The normalized spacial score (nSPS) is 10.8. The molecule has 0 aliphatic heterocycles. The van der Waals surface area contributed by atoms with Crippen LogP contribution in [0.15, 0.2) is 12.4 Å². The van der Waals surface area contributed by atoms with Gasteiger partial charge >= 0.3 is 0 Å². The van der Waals surface area contributed by atoms with Crippen molar-refractivity contribution in [3.63, 3.8) is 0 Å². The number of hydrogen-bond acceptors (Lipinski definition) is 3. The maximum absolute atomic E-state index is 5.69. The SMILES string of the molecule is Bc1nc(I)c2c(N)nccn12. The van der Waals surface area contributed by atoms with E-state index >= 15 is 0 Å². The predicted molar refractivity (Wildman–Crippen MR) is 58.3 cm³/mol. The molecule has 0 saturated heterocycles. The number of nitrogen functional groups attached to an aromatic ring is 1. The van der Waals surface area contributed by atoms with Gasteiger partial charge in [-0.25, -0.2) is 9.97 Å². The lowest BCUT2D eigenvalue weighted by Gasteiger charge is -1.97. The summed E-state index contributed by atoms with van der Waals surface area (Å²) in [4.78, 5) is 8.27. The number of anilines is 1. The van der Waals surface area contributed by atoms with Gasteiger partial charge in [0.05, 0.1) is 5.72 Å². The zero-order chi connectivity index (χ0) is 8.72. The first-order valence-electron chi connectivity index (χ1n) is 3.45. The Balaban J connectivity index is 2.99.